The molecule has 0 amide bonds. The number of aliphatic hydroxyl groups is 3. The molecule has 11 heteroatoms. The van der Waals surface area contributed by atoms with Crippen LogP contribution in [0, 0.1) is 0 Å². The highest BCUT2D eigenvalue weighted by Gasteiger charge is 2.53. The Morgan fingerprint density at radius 2 is 1.72 bits per heavy atom. The number of cyclic esters (lactones) is 2. The van der Waals surface area contributed by atoms with Crippen molar-refractivity contribution in [2.24, 2.45) is 0 Å². The maximum atomic E-state index is 11.6. The summed E-state index contributed by atoms with van der Waals surface area (Å²) in [6.45, 7) is -0.287. The fourth-order valence-corrected chi connectivity index (χ4v) is 3.78. The first-order valence-electron chi connectivity index (χ1n) is 10.9. The van der Waals surface area contributed by atoms with E-state index in [2.05, 4.69) is 10.3 Å². The Hall–Kier alpha value is -3.54. The standard InChI is InChI=1S/C25H23ClN2O8/c26-17-4-1-3-16(12-17)20(30)13-27-21(25(33)35-23(31)24(32)36-25)11-15-7-9-19(10-8-15)34-22-6-2-5-18(14-29)28-22/h1-10,12,20-21,27,29-30,33H,11,13-14H2/t20-,21-/m0/s1. The number of hydrogen-bond donors (Lipinski definition) is 4. The van der Waals surface area contributed by atoms with E-state index in [1.807, 2.05) is 0 Å². The lowest BCUT2D eigenvalue weighted by Gasteiger charge is -2.30. The Balaban J connectivity index is 1.47. The van der Waals surface area contributed by atoms with Gasteiger partial charge in [-0.15, -0.1) is 0 Å². The highest BCUT2D eigenvalue weighted by atomic mass is 35.5. The zero-order valence-electron chi connectivity index (χ0n) is 18.8. The van der Waals surface area contributed by atoms with Crippen LogP contribution >= 0.6 is 11.6 Å². The van der Waals surface area contributed by atoms with E-state index in [9.17, 15) is 24.9 Å². The highest BCUT2D eigenvalue weighted by Crippen LogP contribution is 2.27. The van der Waals surface area contributed by atoms with Gasteiger partial charge in [-0.1, -0.05) is 41.9 Å². The predicted octanol–water partition coefficient (Wildman–Crippen LogP) is 2.00. The number of ether oxygens (including phenoxy) is 3. The van der Waals surface area contributed by atoms with Crippen LogP contribution in [-0.4, -0.2) is 50.8 Å². The summed E-state index contributed by atoms with van der Waals surface area (Å²) in [6.07, 6.45) is -0.960. The van der Waals surface area contributed by atoms with Crippen LogP contribution in [0.4, 0.5) is 0 Å². The third-order valence-electron chi connectivity index (χ3n) is 5.40. The number of carbonyl (C=O) groups excluding carboxylic acids is 2. The van der Waals surface area contributed by atoms with E-state index in [4.69, 9.17) is 25.8 Å². The molecule has 2 atom stereocenters. The second-order valence-corrected chi connectivity index (χ2v) is 8.45. The van der Waals surface area contributed by atoms with Crippen molar-refractivity contribution in [3.63, 3.8) is 0 Å². The Bertz CT molecular complexity index is 1220. The second kappa shape index (κ2) is 11.0. The normalized spacial score (nSPS) is 16.2. The van der Waals surface area contributed by atoms with Crippen molar-refractivity contribution < 1.29 is 39.1 Å². The van der Waals surface area contributed by atoms with Crippen LogP contribution in [0.25, 0.3) is 0 Å². The molecular formula is C25H23ClN2O8. The molecule has 0 saturated carbocycles. The lowest BCUT2D eigenvalue weighted by Crippen LogP contribution is -2.54. The fourth-order valence-electron chi connectivity index (χ4n) is 3.58. The van der Waals surface area contributed by atoms with Gasteiger partial charge in [0, 0.05) is 17.6 Å². The highest BCUT2D eigenvalue weighted by molar-refractivity contribution is 6.31. The van der Waals surface area contributed by atoms with E-state index in [-0.39, 0.29) is 19.6 Å². The molecule has 188 valence electrons. The topological polar surface area (TPSA) is 147 Å². The molecule has 0 spiro atoms. The van der Waals surface area contributed by atoms with E-state index >= 15 is 0 Å². The number of pyridine rings is 1. The molecule has 0 bridgehead atoms. The van der Waals surface area contributed by atoms with E-state index in [0.29, 0.717) is 33.5 Å². The number of carbonyl (C=O) groups is 2. The molecule has 0 aliphatic carbocycles. The van der Waals surface area contributed by atoms with Crippen LogP contribution in [0.1, 0.15) is 22.9 Å². The van der Waals surface area contributed by atoms with Gasteiger partial charge in [-0.2, -0.15) is 0 Å². The molecule has 2 heterocycles. The zero-order valence-corrected chi connectivity index (χ0v) is 19.6. The van der Waals surface area contributed by atoms with Gasteiger partial charge >= 0.3 is 17.9 Å². The monoisotopic (exact) mass is 514 g/mol. The van der Waals surface area contributed by atoms with Gasteiger partial charge in [-0.3, -0.25) is 0 Å². The summed E-state index contributed by atoms with van der Waals surface area (Å²) in [7, 11) is 0. The average molecular weight is 515 g/mol. The molecule has 1 fully saturated rings. The van der Waals surface area contributed by atoms with Crippen molar-refractivity contribution in [3.05, 3.63) is 88.6 Å². The quantitative estimate of drug-likeness (QED) is 0.234. The van der Waals surface area contributed by atoms with E-state index in [1.165, 1.54) is 0 Å². The van der Waals surface area contributed by atoms with Crippen LogP contribution in [0.3, 0.4) is 0 Å². The number of halogens is 1. The SMILES string of the molecule is O=C1OC(O)([C@H](Cc2ccc(Oc3cccc(CO)n3)cc2)NC[C@H](O)c2cccc(Cl)c2)OC1=O. The van der Waals surface area contributed by atoms with Crippen molar-refractivity contribution in [1.29, 1.82) is 0 Å². The molecule has 1 aromatic heterocycles. The number of rotatable bonds is 10. The minimum atomic E-state index is -2.56. The van der Waals surface area contributed by atoms with Crippen LogP contribution < -0.4 is 10.1 Å². The number of aliphatic hydroxyl groups excluding tert-OH is 2. The van der Waals surface area contributed by atoms with Crippen molar-refractivity contribution in [3.8, 4) is 11.6 Å². The summed E-state index contributed by atoms with van der Waals surface area (Å²) in [6, 6.07) is 17.3. The zero-order chi connectivity index (χ0) is 25.7. The van der Waals surface area contributed by atoms with Gasteiger partial charge in [0.1, 0.15) is 11.8 Å². The minimum absolute atomic E-state index is 0.0534. The second-order valence-electron chi connectivity index (χ2n) is 8.02. The third kappa shape index (κ3) is 6.17. The first-order chi connectivity index (χ1) is 17.3. The van der Waals surface area contributed by atoms with Gasteiger partial charge in [0.15, 0.2) is 0 Å². The van der Waals surface area contributed by atoms with Crippen LogP contribution in [0.2, 0.25) is 5.02 Å². The lowest BCUT2D eigenvalue weighted by atomic mass is 10.0. The minimum Gasteiger partial charge on any atom is -0.439 e. The molecule has 3 aromatic rings. The molecule has 1 aliphatic heterocycles. The van der Waals surface area contributed by atoms with Gasteiger partial charge in [-0.05, 0) is 47.9 Å². The van der Waals surface area contributed by atoms with Gasteiger partial charge in [-0.25, -0.2) is 14.6 Å². The smallest absolute Gasteiger partial charge is 0.422 e. The number of hydrogen-bond acceptors (Lipinski definition) is 10. The number of benzene rings is 2. The number of aromatic nitrogens is 1. The third-order valence-corrected chi connectivity index (χ3v) is 5.64. The molecule has 4 N–H and O–H groups in total. The summed E-state index contributed by atoms with van der Waals surface area (Å²) in [5.41, 5.74) is 1.66. The van der Waals surface area contributed by atoms with Gasteiger partial charge in [0.2, 0.25) is 5.88 Å². The van der Waals surface area contributed by atoms with Crippen molar-refractivity contribution in [2.45, 2.75) is 31.1 Å². The molecule has 36 heavy (non-hydrogen) atoms. The molecule has 0 radical (unpaired) electrons. The predicted molar refractivity (Wildman–Crippen MR) is 126 cm³/mol. The van der Waals surface area contributed by atoms with Crippen LogP contribution in [0.15, 0.2) is 66.7 Å². The van der Waals surface area contributed by atoms with E-state index in [0.717, 1.165) is 0 Å². The summed E-state index contributed by atoms with van der Waals surface area (Å²) in [4.78, 5) is 27.4. The van der Waals surface area contributed by atoms with Crippen molar-refractivity contribution in [2.75, 3.05) is 6.54 Å². The average Bonchev–Trinajstić information content (AvgIpc) is 3.14. The summed E-state index contributed by atoms with van der Waals surface area (Å²) in [5.74, 6) is -4.42. The Kier molecular flexibility index (Phi) is 7.82. The first kappa shape index (κ1) is 25.5. The summed E-state index contributed by atoms with van der Waals surface area (Å²) >= 11 is 5.98. The molecule has 10 nitrogen and oxygen atoms in total. The first-order valence-corrected chi connectivity index (χ1v) is 11.3. The maximum Gasteiger partial charge on any atom is 0.422 e. The number of esters is 2. The van der Waals surface area contributed by atoms with Crippen molar-refractivity contribution >= 4 is 23.5 Å². The molecular weight excluding hydrogens is 492 g/mol. The van der Waals surface area contributed by atoms with Gasteiger partial charge < -0.3 is 34.8 Å². The van der Waals surface area contributed by atoms with Crippen LogP contribution in [0.5, 0.6) is 11.6 Å². The fraction of sp³-hybridized carbons (Fsp3) is 0.240. The molecule has 1 aliphatic rings. The lowest BCUT2D eigenvalue weighted by molar-refractivity contribution is -0.307. The Morgan fingerprint density at radius 1 is 1.03 bits per heavy atom. The van der Waals surface area contributed by atoms with Gasteiger partial charge in [0.25, 0.3) is 0 Å². The van der Waals surface area contributed by atoms with Gasteiger partial charge in [0.05, 0.1) is 18.4 Å². The van der Waals surface area contributed by atoms with E-state index < -0.39 is 30.1 Å². The largest absolute Gasteiger partial charge is 0.439 e. The molecule has 2 aromatic carbocycles. The number of nitrogens with zero attached hydrogens (tertiary/aromatic N) is 1. The molecule has 0 unspecified atom stereocenters. The van der Waals surface area contributed by atoms with Crippen LogP contribution in [-0.2, 0) is 32.1 Å². The Labute approximate surface area is 211 Å². The number of nitrogens with one attached hydrogen (secondary N) is 1. The van der Waals surface area contributed by atoms with E-state index in [1.54, 1.807) is 66.7 Å². The Morgan fingerprint density at radius 3 is 2.39 bits per heavy atom. The molecule has 1 saturated heterocycles. The maximum absolute atomic E-state index is 11.6. The summed E-state index contributed by atoms with van der Waals surface area (Å²) in [5, 5.41) is 33.9. The molecule has 4 rings (SSSR count). The van der Waals surface area contributed by atoms with Crippen molar-refractivity contribution in [1.82, 2.24) is 10.3 Å². The summed E-state index contributed by atoms with van der Waals surface area (Å²) < 4.78 is 15.3.